The predicted molar refractivity (Wildman–Crippen MR) is 138 cm³/mol. The maximum Gasteiger partial charge on any atom is 0.335 e. The molecule has 4 rings (SSSR count). The third-order valence-electron chi connectivity index (χ3n) is 5.29. The summed E-state index contributed by atoms with van der Waals surface area (Å²) in [6.07, 6.45) is 1.65. The largest absolute Gasteiger partial charge is 0.478 e. The minimum Gasteiger partial charge on any atom is -0.478 e. The number of rotatable bonds is 7. The Morgan fingerprint density at radius 1 is 1.00 bits per heavy atom. The van der Waals surface area contributed by atoms with Crippen molar-refractivity contribution in [1.82, 2.24) is 4.90 Å². The normalized spacial score (nSPS) is 14.4. The summed E-state index contributed by atoms with van der Waals surface area (Å²) in [4.78, 5) is 37.9. The zero-order valence-corrected chi connectivity index (χ0v) is 20.2. The molecule has 0 radical (unpaired) electrons. The van der Waals surface area contributed by atoms with Gasteiger partial charge in [0, 0.05) is 18.7 Å². The molecule has 0 bridgehead atoms. The lowest BCUT2D eigenvalue weighted by Gasteiger charge is -2.14. The average Bonchev–Trinajstić information content (AvgIpc) is 3.12. The highest BCUT2D eigenvalue weighted by molar-refractivity contribution is 8.26. The fourth-order valence-electron chi connectivity index (χ4n) is 3.46. The number of carbonyl (C=O) groups excluding carboxylic acids is 2. The van der Waals surface area contributed by atoms with Gasteiger partial charge >= 0.3 is 5.97 Å². The Hall–Kier alpha value is -3.89. The van der Waals surface area contributed by atoms with Crippen molar-refractivity contribution in [2.45, 2.75) is 6.42 Å². The zero-order chi connectivity index (χ0) is 25.8. The third-order valence-corrected chi connectivity index (χ3v) is 6.67. The summed E-state index contributed by atoms with van der Waals surface area (Å²) < 4.78 is 27.2. The van der Waals surface area contributed by atoms with Gasteiger partial charge in [0.25, 0.3) is 5.91 Å². The Bertz CT molecular complexity index is 1410. The van der Waals surface area contributed by atoms with Crippen LogP contribution < -0.4 is 5.32 Å². The Labute approximate surface area is 214 Å². The van der Waals surface area contributed by atoms with E-state index in [2.05, 4.69) is 5.32 Å². The molecule has 1 fully saturated rings. The molecule has 182 valence electrons. The van der Waals surface area contributed by atoms with Crippen molar-refractivity contribution in [2.75, 3.05) is 11.9 Å². The number of nitrogens with one attached hydrogen (secondary N) is 1. The maximum absolute atomic E-state index is 13.6. The van der Waals surface area contributed by atoms with Crippen LogP contribution in [0.5, 0.6) is 0 Å². The van der Waals surface area contributed by atoms with E-state index in [0.29, 0.717) is 31.6 Å². The van der Waals surface area contributed by atoms with Gasteiger partial charge in [0.15, 0.2) is 11.6 Å². The van der Waals surface area contributed by atoms with Crippen molar-refractivity contribution in [3.63, 3.8) is 0 Å². The average molecular weight is 525 g/mol. The van der Waals surface area contributed by atoms with E-state index in [9.17, 15) is 23.2 Å². The Morgan fingerprint density at radius 2 is 1.72 bits per heavy atom. The minimum absolute atomic E-state index is 0.00792. The quantitative estimate of drug-likeness (QED) is 0.311. The molecule has 0 saturated carbocycles. The van der Waals surface area contributed by atoms with E-state index in [0.717, 1.165) is 23.9 Å². The first kappa shape index (κ1) is 25.2. The van der Waals surface area contributed by atoms with Crippen LogP contribution in [0, 0.1) is 11.6 Å². The number of carboxylic acids is 1. The third kappa shape index (κ3) is 5.84. The first-order valence-electron chi connectivity index (χ1n) is 10.7. The molecule has 10 heteroatoms. The molecule has 6 nitrogen and oxygen atoms in total. The van der Waals surface area contributed by atoms with Crippen LogP contribution in [0.15, 0.2) is 71.6 Å². The highest BCUT2D eigenvalue weighted by Gasteiger charge is 2.32. The molecule has 1 aliphatic heterocycles. The first-order chi connectivity index (χ1) is 17.2. The van der Waals surface area contributed by atoms with Crippen LogP contribution in [-0.4, -0.2) is 38.7 Å². The number of carbonyl (C=O) groups is 3. The van der Waals surface area contributed by atoms with E-state index < -0.39 is 17.6 Å². The SMILES string of the molecule is O=C(CCN1C(=O)/C(=C/c2cccc(-c3ccc(F)c(F)c3)c2)SC1=S)Nc1ccc(C(=O)O)cc1. The van der Waals surface area contributed by atoms with Crippen molar-refractivity contribution in [2.24, 2.45) is 0 Å². The van der Waals surface area contributed by atoms with E-state index >= 15 is 0 Å². The van der Waals surface area contributed by atoms with Crippen molar-refractivity contribution >= 4 is 57.8 Å². The number of hydrogen-bond donors (Lipinski definition) is 2. The Balaban J connectivity index is 1.40. The minimum atomic E-state index is -1.06. The molecule has 1 heterocycles. The lowest BCUT2D eigenvalue weighted by atomic mass is 10.0. The number of amides is 2. The van der Waals surface area contributed by atoms with Gasteiger partial charge in [0.05, 0.1) is 10.5 Å². The monoisotopic (exact) mass is 524 g/mol. The predicted octanol–water partition coefficient (Wildman–Crippen LogP) is 5.56. The fraction of sp³-hybridized carbons (Fsp3) is 0.0769. The van der Waals surface area contributed by atoms with Gasteiger partial charge in [-0.25, -0.2) is 13.6 Å². The highest BCUT2D eigenvalue weighted by Crippen LogP contribution is 2.33. The van der Waals surface area contributed by atoms with Crippen LogP contribution >= 0.6 is 24.0 Å². The number of hydrogen-bond acceptors (Lipinski definition) is 5. The van der Waals surface area contributed by atoms with Gasteiger partial charge in [-0.05, 0) is 65.2 Å². The molecule has 1 saturated heterocycles. The summed E-state index contributed by atoms with van der Waals surface area (Å²) in [5.41, 5.74) is 2.38. The van der Waals surface area contributed by atoms with E-state index in [1.165, 1.54) is 35.2 Å². The topological polar surface area (TPSA) is 86.7 Å². The second-order valence-corrected chi connectivity index (χ2v) is 9.44. The van der Waals surface area contributed by atoms with Crippen LogP contribution in [0.3, 0.4) is 0 Å². The molecule has 0 aliphatic carbocycles. The van der Waals surface area contributed by atoms with Crippen LogP contribution in [0.1, 0.15) is 22.3 Å². The van der Waals surface area contributed by atoms with Crippen molar-refractivity contribution in [3.8, 4) is 11.1 Å². The number of halogens is 2. The molecule has 0 spiro atoms. The number of aromatic carboxylic acids is 1. The van der Waals surface area contributed by atoms with Gasteiger partial charge in [-0.2, -0.15) is 0 Å². The van der Waals surface area contributed by atoms with Crippen molar-refractivity contribution in [3.05, 3.63) is 94.4 Å². The van der Waals surface area contributed by atoms with Gasteiger partial charge in [-0.15, -0.1) is 0 Å². The fourth-order valence-corrected chi connectivity index (χ4v) is 4.77. The summed E-state index contributed by atoms with van der Waals surface area (Å²) >= 11 is 6.44. The Kier molecular flexibility index (Phi) is 7.56. The van der Waals surface area contributed by atoms with Crippen LogP contribution in [0.4, 0.5) is 14.5 Å². The lowest BCUT2D eigenvalue weighted by Crippen LogP contribution is -2.31. The van der Waals surface area contributed by atoms with E-state index in [-0.39, 0.29) is 30.3 Å². The number of benzene rings is 3. The van der Waals surface area contributed by atoms with E-state index in [1.807, 2.05) is 0 Å². The number of anilines is 1. The van der Waals surface area contributed by atoms with Crippen LogP contribution in [0.2, 0.25) is 0 Å². The lowest BCUT2D eigenvalue weighted by molar-refractivity contribution is -0.122. The van der Waals surface area contributed by atoms with Gasteiger partial charge in [0.2, 0.25) is 5.91 Å². The smallest absolute Gasteiger partial charge is 0.335 e. The molecule has 36 heavy (non-hydrogen) atoms. The second kappa shape index (κ2) is 10.8. The summed E-state index contributed by atoms with van der Waals surface area (Å²) in [7, 11) is 0. The summed E-state index contributed by atoms with van der Waals surface area (Å²) in [5.74, 6) is -3.62. The summed E-state index contributed by atoms with van der Waals surface area (Å²) in [5, 5.41) is 11.6. The molecule has 0 atom stereocenters. The maximum atomic E-state index is 13.6. The summed E-state index contributed by atoms with van der Waals surface area (Å²) in [6.45, 7) is 0.0793. The molecule has 0 aromatic heterocycles. The molecule has 3 aromatic carbocycles. The standard InChI is InChI=1S/C26H18F2N2O4S2/c27-20-9-6-18(14-21(20)28)17-3-1-2-15(12-17)13-22-24(32)30(26(35)36-22)11-10-23(31)29-19-7-4-16(5-8-19)25(33)34/h1-9,12-14H,10-11H2,(H,29,31)(H,33,34)/b22-13-. The van der Waals surface area contributed by atoms with Crippen LogP contribution in [-0.2, 0) is 9.59 Å². The number of carboxylic acid groups (broad SMARTS) is 1. The first-order valence-corrected chi connectivity index (χ1v) is 11.9. The summed E-state index contributed by atoms with van der Waals surface area (Å²) in [6, 6.07) is 16.4. The molecule has 2 N–H and O–H groups in total. The Morgan fingerprint density at radius 3 is 2.42 bits per heavy atom. The molecule has 0 unspecified atom stereocenters. The molecule has 1 aliphatic rings. The van der Waals surface area contributed by atoms with E-state index in [4.69, 9.17) is 17.3 Å². The number of nitrogens with zero attached hydrogens (tertiary/aromatic N) is 1. The molecular formula is C26H18F2N2O4S2. The highest BCUT2D eigenvalue weighted by atomic mass is 32.2. The number of thiocarbonyl (C=S) groups is 1. The zero-order valence-electron chi connectivity index (χ0n) is 18.5. The molecule has 3 aromatic rings. The van der Waals surface area contributed by atoms with Gasteiger partial charge in [-0.1, -0.05) is 48.2 Å². The van der Waals surface area contributed by atoms with Gasteiger partial charge in [-0.3, -0.25) is 14.5 Å². The van der Waals surface area contributed by atoms with Crippen molar-refractivity contribution in [1.29, 1.82) is 0 Å². The second-order valence-electron chi connectivity index (χ2n) is 7.77. The van der Waals surface area contributed by atoms with Crippen molar-refractivity contribution < 1.29 is 28.3 Å². The van der Waals surface area contributed by atoms with Crippen LogP contribution in [0.25, 0.3) is 17.2 Å². The van der Waals surface area contributed by atoms with Gasteiger partial charge < -0.3 is 10.4 Å². The molecular weight excluding hydrogens is 506 g/mol. The number of thioether (sulfide) groups is 1. The van der Waals surface area contributed by atoms with Gasteiger partial charge in [0.1, 0.15) is 4.32 Å². The molecule has 2 amide bonds. The van der Waals surface area contributed by atoms with E-state index in [1.54, 1.807) is 30.3 Å².